The van der Waals surface area contributed by atoms with Gasteiger partial charge in [-0.2, -0.15) is 0 Å². The standard InChI is InChI=1S/C11H20N2O4/c1-4-9(10(14)15)13-11(16)12-5-6-17-7-8(2)3/h9H,2,4-7H2,1,3H3,(H,14,15)(H2,12,13,16). The van der Waals surface area contributed by atoms with E-state index in [1.54, 1.807) is 6.92 Å². The maximum atomic E-state index is 11.3. The van der Waals surface area contributed by atoms with Gasteiger partial charge in [-0.25, -0.2) is 9.59 Å². The topological polar surface area (TPSA) is 87.7 Å². The van der Waals surface area contributed by atoms with E-state index in [9.17, 15) is 9.59 Å². The molecule has 0 rings (SSSR count). The Hall–Kier alpha value is -1.56. The number of urea groups is 1. The molecular formula is C11H20N2O4. The summed E-state index contributed by atoms with van der Waals surface area (Å²) in [5.41, 5.74) is 0.909. The van der Waals surface area contributed by atoms with Crippen LogP contribution in [0.1, 0.15) is 20.3 Å². The van der Waals surface area contributed by atoms with Gasteiger partial charge in [-0.1, -0.05) is 19.1 Å². The minimum atomic E-state index is -1.04. The van der Waals surface area contributed by atoms with Crippen molar-refractivity contribution in [2.45, 2.75) is 26.3 Å². The molecule has 0 aromatic heterocycles. The molecule has 0 spiro atoms. The van der Waals surface area contributed by atoms with Crippen LogP contribution in [0.5, 0.6) is 0 Å². The maximum Gasteiger partial charge on any atom is 0.326 e. The highest BCUT2D eigenvalue weighted by atomic mass is 16.5. The molecule has 6 heteroatoms. The fourth-order valence-electron chi connectivity index (χ4n) is 1.03. The van der Waals surface area contributed by atoms with Crippen molar-refractivity contribution >= 4 is 12.0 Å². The van der Waals surface area contributed by atoms with Crippen molar-refractivity contribution in [3.05, 3.63) is 12.2 Å². The molecule has 0 aliphatic heterocycles. The van der Waals surface area contributed by atoms with Crippen LogP contribution in [-0.2, 0) is 9.53 Å². The number of carbonyl (C=O) groups excluding carboxylic acids is 1. The van der Waals surface area contributed by atoms with Crippen LogP contribution in [0, 0.1) is 0 Å². The molecule has 0 aromatic carbocycles. The number of carboxylic acids is 1. The Morgan fingerprint density at radius 1 is 1.47 bits per heavy atom. The van der Waals surface area contributed by atoms with Crippen LogP contribution in [0.4, 0.5) is 4.79 Å². The zero-order chi connectivity index (χ0) is 13.3. The highest BCUT2D eigenvalue weighted by Crippen LogP contribution is 1.90. The van der Waals surface area contributed by atoms with Gasteiger partial charge < -0.3 is 20.5 Å². The van der Waals surface area contributed by atoms with E-state index in [1.807, 2.05) is 6.92 Å². The Morgan fingerprint density at radius 2 is 2.12 bits per heavy atom. The lowest BCUT2D eigenvalue weighted by Gasteiger charge is -2.13. The van der Waals surface area contributed by atoms with E-state index in [-0.39, 0.29) is 0 Å². The largest absolute Gasteiger partial charge is 0.480 e. The minimum Gasteiger partial charge on any atom is -0.480 e. The number of hydrogen-bond acceptors (Lipinski definition) is 3. The fourth-order valence-corrected chi connectivity index (χ4v) is 1.03. The summed E-state index contributed by atoms with van der Waals surface area (Å²) in [6.07, 6.45) is 0.342. The zero-order valence-corrected chi connectivity index (χ0v) is 10.3. The van der Waals surface area contributed by atoms with Gasteiger partial charge in [-0.3, -0.25) is 0 Å². The quantitative estimate of drug-likeness (QED) is 0.434. The first kappa shape index (κ1) is 15.4. The zero-order valence-electron chi connectivity index (χ0n) is 10.3. The van der Waals surface area contributed by atoms with E-state index in [4.69, 9.17) is 9.84 Å². The van der Waals surface area contributed by atoms with Crippen LogP contribution in [0.25, 0.3) is 0 Å². The Balaban J connectivity index is 3.65. The lowest BCUT2D eigenvalue weighted by Crippen LogP contribution is -2.46. The summed E-state index contributed by atoms with van der Waals surface area (Å²) in [7, 11) is 0. The highest BCUT2D eigenvalue weighted by molar-refractivity contribution is 5.82. The predicted octanol–water partition coefficient (Wildman–Crippen LogP) is 0.741. The molecule has 3 N–H and O–H groups in total. The van der Waals surface area contributed by atoms with Crippen LogP contribution in [0.3, 0.4) is 0 Å². The molecule has 0 heterocycles. The van der Waals surface area contributed by atoms with E-state index >= 15 is 0 Å². The first-order valence-electron chi connectivity index (χ1n) is 5.46. The van der Waals surface area contributed by atoms with Crippen LogP contribution in [0.15, 0.2) is 12.2 Å². The van der Waals surface area contributed by atoms with Crippen molar-refractivity contribution in [2.75, 3.05) is 19.8 Å². The summed E-state index contributed by atoms with van der Waals surface area (Å²) in [6, 6.07) is -1.36. The molecule has 1 unspecified atom stereocenters. The molecule has 98 valence electrons. The van der Waals surface area contributed by atoms with Crippen LogP contribution < -0.4 is 10.6 Å². The monoisotopic (exact) mass is 244 g/mol. The number of ether oxygens (including phenoxy) is 1. The lowest BCUT2D eigenvalue weighted by molar-refractivity contribution is -0.139. The third-order valence-corrected chi connectivity index (χ3v) is 1.89. The van der Waals surface area contributed by atoms with Gasteiger partial charge in [-0.15, -0.1) is 0 Å². The van der Waals surface area contributed by atoms with Gasteiger partial charge in [0.2, 0.25) is 0 Å². The van der Waals surface area contributed by atoms with Gasteiger partial charge in [0.25, 0.3) is 0 Å². The summed E-state index contributed by atoms with van der Waals surface area (Å²) in [5.74, 6) is -1.04. The second kappa shape index (κ2) is 8.58. The number of rotatable bonds is 8. The summed E-state index contributed by atoms with van der Waals surface area (Å²) < 4.78 is 5.17. The van der Waals surface area contributed by atoms with Crippen LogP contribution in [-0.4, -0.2) is 42.9 Å². The second-order valence-electron chi connectivity index (χ2n) is 3.71. The summed E-state index contributed by atoms with van der Waals surface area (Å²) in [5, 5.41) is 13.6. The van der Waals surface area contributed by atoms with Crippen molar-refractivity contribution < 1.29 is 19.4 Å². The summed E-state index contributed by atoms with van der Waals surface area (Å²) in [6.45, 7) is 8.35. The van der Waals surface area contributed by atoms with E-state index in [1.165, 1.54) is 0 Å². The molecule has 0 saturated heterocycles. The molecule has 0 saturated carbocycles. The van der Waals surface area contributed by atoms with Gasteiger partial charge in [0, 0.05) is 6.54 Å². The number of carbonyl (C=O) groups is 2. The smallest absolute Gasteiger partial charge is 0.326 e. The Kier molecular flexibility index (Phi) is 7.79. The van der Waals surface area contributed by atoms with Crippen molar-refractivity contribution in [3.63, 3.8) is 0 Å². The van der Waals surface area contributed by atoms with Crippen molar-refractivity contribution in [1.29, 1.82) is 0 Å². The highest BCUT2D eigenvalue weighted by Gasteiger charge is 2.16. The SMILES string of the molecule is C=C(C)COCCNC(=O)NC(CC)C(=O)O. The van der Waals surface area contributed by atoms with Crippen molar-refractivity contribution in [3.8, 4) is 0 Å². The Bertz CT molecular complexity index is 279. The number of hydrogen-bond donors (Lipinski definition) is 3. The summed E-state index contributed by atoms with van der Waals surface area (Å²) in [4.78, 5) is 21.9. The lowest BCUT2D eigenvalue weighted by atomic mass is 10.2. The number of nitrogens with one attached hydrogen (secondary N) is 2. The van der Waals surface area contributed by atoms with Crippen LogP contribution in [0.2, 0.25) is 0 Å². The molecule has 0 radical (unpaired) electrons. The maximum absolute atomic E-state index is 11.3. The minimum absolute atomic E-state index is 0.329. The molecule has 0 fully saturated rings. The molecule has 6 nitrogen and oxygen atoms in total. The molecule has 0 aliphatic carbocycles. The van der Waals surface area contributed by atoms with Gasteiger partial charge in [0.15, 0.2) is 0 Å². The third-order valence-electron chi connectivity index (χ3n) is 1.89. The fraction of sp³-hybridized carbons (Fsp3) is 0.636. The molecule has 0 aromatic rings. The number of amides is 2. The normalized spacial score (nSPS) is 11.6. The third kappa shape index (κ3) is 8.27. The average Bonchev–Trinajstić information content (AvgIpc) is 2.24. The van der Waals surface area contributed by atoms with Gasteiger partial charge >= 0.3 is 12.0 Å². The van der Waals surface area contributed by atoms with E-state index in [2.05, 4.69) is 17.2 Å². The summed E-state index contributed by atoms with van der Waals surface area (Å²) >= 11 is 0. The molecule has 17 heavy (non-hydrogen) atoms. The van der Waals surface area contributed by atoms with Crippen molar-refractivity contribution in [1.82, 2.24) is 10.6 Å². The first-order chi connectivity index (χ1) is 7.97. The molecule has 0 bridgehead atoms. The predicted molar refractivity (Wildman–Crippen MR) is 63.9 cm³/mol. The Labute approximate surface area is 101 Å². The van der Waals surface area contributed by atoms with E-state index in [0.717, 1.165) is 5.57 Å². The Morgan fingerprint density at radius 3 is 2.59 bits per heavy atom. The average molecular weight is 244 g/mol. The second-order valence-corrected chi connectivity index (χ2v) is 3.71. The van der Waals surface area contributed by atoms with Crippen LogP contribution >= 0.6 is 0 Å². The molecular weight excluding hydrogens is 224 g/mol. The number of aliphatic carboxylic acids is 1. The van der Waals surface area contributed by atoms with Gasteiger partial charge in [-0.05, 0) is 13.3 Å². The number of carboxylic acid groups (broad SMARTS) is 1. The van der Waals surface area contributed by atoms with Gasteiger partial charge in [0.05, 0.1) is 13.2 Å². The van der Waals surface area contributed by atoms with E-state index in [0.29, 0.717) is 26.2 Å². The molecule has 2 amide bonds. The van der Waals surface area contributed by atoms with E-state index < -0.39 is 18.0 Å². The van der Waals surface area contributed by atoms with Crippen molar-refractivity contribution in [2.24, 2.45) is 0 Å². The first-order valence-corrected chi connectivity index (χ1v) is 5.46. The molecule has 1 atom stereocenters. The van der Waals surface area contributed by atoms with Gasteiger partial charge in [0.1, 0.15) is 6.04 Å². The molecule has 0 aliphatic rings.